The molecule has 15 heavy (non-hydrogen) atoms. The number of aryl methyl sites for hydroxylation is 1. The van der Waals surface area contributed by atoms with Gasteiger partial charge in [0.2, 0.25) is 0 Å². The van der Waals surface area contributed by atoms with Crippen molar-refractivity contribution in [2.75, 3.05) is 0 Å². The van der Waals surface area contributed by atoms with Crippen LogP contribution in [0.15, 0.2) is 11.5 Å². The molecule has 0 bridgehead atoms. The minimum Gasteiger partial charge on any atom is -0.392 e. The number of thioether (sulfide) groups is 1. The van der Waals surface area contributed by atoms with Gasteiger partial charge in [0.1, 0.15) is 6.33 Å². The quantitative estimate of drug-likeness (QED) is 0.780. The summed E-state index contributed by atoms with van der Waals surface area (Å²) in [7, 11) is 1.94. The van der Waals surface area contributed by atoms with Crippen LogP contribution in [0.5, 0.6) is 0 Å². The van der Waals surface area contributed by atoms with Crippen LogP contribution in [0.25, 0.3) is 0 Å². The van der Waals surface area contributed by atoms with Gasteiger partial charge < -0.3 is 9.67 Å². The Morgan fingerprint density at radius 1 is 1.40 bits per heavy atom. The van der Waals surface area contributed by atoms with Gasteiger partial charge in [-0.05, 0) is 12.8 Å². The molecule has 0 aromatic carbocycles. The van der Waals surface area contributed by atoms with Gasteiger partial charge in [-0.25, -0.2) is 0 Å². The van der Waals surface area contributed by atoms with Crippen LogP contribution < -0.4 is 0 Å². The minimum atomic E-state index is -0.186. The summed E-state index contributed by atoms with van der Waals surface area (Å²) < 4.78 is 1.91. The maximum Gasteiger partial charge on any atom is 0.191 e. The van der Waals surface area contributed by atoms with E-state index >= 15 is 0 Å². The summed E-state index contributed by atoms with van der Waals surface area (Å²) in [6, 6.07) is 0. The monoisotopic (exact) mass is 227 g/mol. The second-order valence-corrected chi connectivity index (χ2v) is 5.29. The zero-order valence-electron chi connectivity index (χ0n) is 8.96. The van der Waals surface area contributed by atoms with Gasteiger partial charge in [-0.15, -0.1) is 10.2 Å². The van der Waals surface area contributed by atoms with Crippen molar-refractivity contribution in [2.45, 2.75) is 48.6 Å². The Balaban J connectivity index is 2.00. The van der Waals surface area contributed by atoms with Crippen molar-refractivity contribution >= 4 is 11.8 Å². The van der Waals surface area contributed by atoms with E-state index in [-0.39, 0.29) is 11.4 Å². The van der Waals surface area contributed by atoms with E-state index in [1.54, 1.807) is 18.1 Å². The van der Waals surface area contributed by atoms with Crippen molar-refractivity contribution in [1.29, 1.82) is 0 Å². The normalized spacial score (nSPS) is 27.6. The molecule has 1 aromatic rings. The fraction of sp³-hybridized carbons (Fsp3) is 0.800. The highest BCUT2D eigenvalue weighted by Crippen LogP contribution is 2.31. The fourth-order valence-electron chi connectivity index (χ4n) is 1.91. The van der Waals surface area contributed by atoms with E-state index in [4.69, 9.17) is 0 Å². The SMILES string of the molecule is Cn1cnnc1SC1CCCCCC1O. The predicted molar refractivity (Wildman–Crippen MR) is 59.7 cm³/mol. The topological polar surface area (TPSA) is 50.9 Å². The van der Waals surface area contributed by atoms with Gasteiger partial charge in [0, 0.05) is 12.3 Å². The third-order valence-electron chi connectivity index (χ3n) is 2.84. The molecule has 1 N–H and O–H groups in total. The summed E-state index contributed by atoms with van der Waals surface area (Å²) in [4.78, 5) is 0. The first-order valence-corrected chi connectivity index (χ1v) is 6.34. The molecule has 0 aliphatic heterocycles. The lowest BCUT2D eigenvalue weighted by atomic mass is 10.1. The molecule has 0 radical (unpaired) electrons. The smallest absolute Gasteiger partial charge is 0.191 e. The summed E-state index contributed by atoms with van der Waals surface area (Å²) in [6.07, 6.45) is 7.13. The molecule has 1 heterocycles. The molecule has 84 valence electrons. The van der Waals surface area contributed by atoms with Gasteiger partial charge in [-0.1, -0.05) is 31.0 Å². The fourth-order valence-corrected chi connectivity index (χ4v) is 3.06. The van der Waals surface area contributed by atoms with E-state index in [2.05, 4.69) is 10.2 Å². The molecule has 2 rings (SSSR count). The maximum absolute atomic E-state index is 9.96. The van der Waals surface area contributed by atoms with Gasteiger partial charge in [0.05, 0.1) is 6.10 Å². The van der Waals surface area contributed by atoms with Crippen LogP contribution in [0.4, 0.5) is 0 Å². The van der Waals surface area contributed by atoms with Crippen molar-refractivity contribution < 1.29 is 5.11 Å². The molecule has 1 fully saturated rings. The predicted octanol–water partition coefficient (Wildman–Crippen LogP) is 1.60. The average molecular weight is 227 g/mol. The first-order valence-electron chi connectivity index (χ1n) is 5.46. The molecule has 0 amide bonds. The third-order valence-corrected chi connectivity index (χ3v) is 4.28. The van der Waals surface area contributed by atoms with Gasteiger partial charge in [0.25, 0.3) is 0 Å². The lowest BCUT2D eigenvalue weighted by molar-refractivity contribution is 0.163. The Morgan fingerprint density at radius 3 is 2.93 bits per heavy atom. The number of hydrogen-bond donors (Lipinski definition) is 1. The maximum atomic E-state index is 9.96. The van der Waals surface area contributed by atoms with Crippen LogP contribution in [0.2, 0.25) is 0 Å². The highest BCUT2D eigenvalue weighted by atomic mass is 32.2. The highest BCUT2D eigenvalue weighted by molar-refractivity contribution is 7.99. The summed E-state index contributed by atoms with van der Waals surface area (Å²) in [5.74, 6) is 0. The van der Waals surface area contributed by atoms with E-state index in [9.17, 15) is 5.11 Å². The molecule has 1 aliphatic carbocycles. The molecule has 0 saturated heterocycles. The second-order valence-electron chi connectivity index (χ2n) is 4.09. The molecule has 1 aromatic heterocycles. The Hall–Kier alpha value is -0.550. The molecular formula is C10H17N3OS. The van der Waals surface area contributed by atoms with Crippen molar-refractivity contribution in [3.63, 3.8) is 0 Å². The number of aliphatic hydroxyl groups is 1. The van der Waals surface area contributed by atoms with Crippen molar-refractivity contribution in [2.24, 2.45) is 7.05 Å². The van der Waals surface area contributed by atoms with Crippen LogP contribution in [0, 0.1) is 0 Å². The molecule has 2 atom stereocenters. The Kier molecular flexibility index (Phi) is 3.64. The number of aliphatic hydroxyl groups excluding tert-OH is 1. The van der Waals surface area contributed by atoms with Crippen molar-refractivity contribution in [1.82, 2.24) is 14.8 Å². The summed E-state index contributed by atoms with van der Waals surface area (Å²) in [5.41, 5.74) is 0. The lowest BCUT2D eigenvalue weighted by Gasteiger charge is -2.18. The molecule has 2 unspecified atom stereocenters. The Morgan fingerprint density at radius 2 is 2.20 bits per heavy atom. The zero-order chi connectivity index (χ0) is 10.7. The van der Waals surface area contributed by atoms with Crippen LogP contribution in [-0.2, 0) is 7.05 Å². The minimum absolute atomic E-state index is 0.186. The summed E-state index contributed by atoms with van der Waals surface area (Å²) in [5, 5.41) is 19.0. The van der Waals surface area contributed by atoms with Crippen molar-refractivity contribution in [3.05, 3.63) is 6.33 Å². The zero-order valence-corrected chi connectivity index (χ0v) is 9.78. The van der Waals surface area contributed by atoms with Gasteiger partial charge in [0.15, 0.2) is 5.16 Å². The molecule has 1 saturated carbocycles. The lowest BCUT2D eigenvalue weighted by Crippen LogP contribution is -2.21. The number of rotatable bonds is 2. The van der Waals surface area contributed by atoms with Crippen LogP contribution in [0.3, 0.4) is 0 Å². The van der Waals surface area contributed by atoms with Gasteiger partial charge >= 0.3 is 0 Å². The van der Waals surface area contributed by atoms with E-state index in [1.807, 2.05) is 11.6 Å². The molecule has 0 spiro atoms. The molecular weight excluding hydrogens is 210 g/mol. The first kappa shape index (κ1) is 11.0. The highest BCUT2D eigenvalue weighted by Gasteiger charge is 2.23. The van der Waals surface area contributed by atoms with Crippen LogP contribution >= 0.6 is 11.8 Å². The van der Waals surface area contributed by atoms with Crippen LogP contribution in [-0.4, -0.2) is 31.2 Å². The van der Waals surface area contributed by atoms with E-state index in [0.717, 1.165) is 24.4 Å². The first-order chi connectivity index (χ1) is 7.27. The van der Waals surface area contributed by atoms with E-state index in [0.29, 0.717) is 0 Å². The number of aromatic nitrogens is 3. The van der Waals surface area contributed by atoms with Crippen LogP contribution in [0.1, 0.15) is 32.1 Å². The largest absolute Gasteiger partial charge is 0.392 e. The van der Waals surface area contributed by atoms with Gasteiger partial charge in [-0.3, -0.25) is 0 Å². The number of hydrogen-bond acceptors (Lipinski definition) is 4. The molecule has 4 nitrogen and oxygen atoms in total. The average Bonchev–Trinajstić information content (AvgIpc) is 2.50. The second kappa shape index (κ2) is 4.99. The Labute approximate surface area is 94.1 Å². The van der Waals surface area contributed by atoms with E-state index < -0.39 is 0 Å². The summed E-state index contributed by atoms with van der Waals surface area (Å²) in [6.45, 7) is 0. The molecule has 1 aliphatic rings. The molecule has 5 heteroatoms. The Bertz CT molecular complexity index is 315. The van der Waals surface area contributed by atoms with Gasteiger partial charge in [-0.2, -0.15) is 0 Å². The number of nitrogens with zero attached hydrogens (tertiary/aromatic N) is 3. The third kappa shape index (κ3) is 2.72. The van der Waals surface area contributed by atoms with Crippen molar-refractivity contribution in [3.8, 4) is 0 Å². The standard InChI is InChI=1S/C10H17N3OS/c1-13-7-11-12-10(13)15-9-6-4-2-3-5-8(9)14/h7-9,14H,2-6H2,1H3. The van der Waals surface area contributed by atoms with E-state index in [1.165, 1.54) is 12.8 Å². The summed E-state index contributed by atoms with van der Waals surface area (Å²) >= 11 is 1.66.